The first-order valence-corrected chi connectivity index (χ1v) is 19.5. The van der Waals surface area contributed by atoms with Gasteiger partial charge in [-0.15, -0.1) is 0 Å². The molecule has 5 rings (SSSR count). The minimum absolute atomic E-state index is 0.0494. The zero-order valence-corrected chi connectivity index (χ0v) is 33.4. The number of para-hydroxylation sites is 1. The van der Waals surface area contributed by atoms with E-state index in [0.29, 0.717) is 45.9 Å². The minimum Gasteiger partial charge on any atom is -0.496 e. The largest absolute Gasteiger partial charge is 0.508 e. The van der Waals surface area contributed by atoms with Crippen molar-refractivity contribution in [2.75, 3.05) is 73.6 Å². The molecule has 0 saturated carbocycles. The Kier molecular flexibility index (Phi) is 18.7. The number of benzene rings is 4. The first-order chi connectivity index (χ1) is 28.4. The van der Waals surface area contributed by atoms with Crippen LogP contribution in [0.2, 0.25) is 0 Å². The maximum absolute atomic E-state index is 12.5. The van der Waals surface area contributed by atoms with Crippen LogP contribution in [0.15, 0.2) is 84.9 Å². The number of fused-ring (bicyclic) bond motifs is 1. The van der Waals surface area contributed by atoms with Crippen molar-refractivity contribution in [1.82, 2.24) is 10.7 Å². The molecule has 1 heterocycles. The molecular weight excluding hydrogens is 752 g/mol. The van der Waals surface area contributed by atoms with Crippen molar-refractivity contribution < 1.29 is 62.7 Å². The third-order valence-electron chi connectivity index (χ3n) is 9.57. The summed E-state index contributed by atoms with van der Waals surface area (Å²) in [5, 5.41) is 22.3. The lowest BCUT2D eigenvalue weighted by Crippen LogP contribution is -2.51. The summed E-state index contributed by atoms with van der Waals surface area (Å²) in [5.74, 6) is 2.19. The second-order valence-corrected chi connectivity index (χ2v) is 13.5. The standard InChI is InChI=1S/C43H56N2O13/c1-4-35(58-43(46)54-22-20-51-21-23-57-45(47)48)30-56-41-27-44-26-40(55-28-31-24-33-10-5-7-12-37(33)39(25-31)50-3)42(41)32-14-16-36(17-15-32)53-19-9-18-52-29-34-11-6-8-13-38(34)49-2/h5-8,10-17,24-25,35,40-42,44,47-48H,4,9,18-23,26-30H2,1-3H3. The molecule has 1 fully saturated rings. The first kappa shape index (κ1) is 44.6. The fraction of sp³-hybridized carbons (Fsp3) is 0.465. The summed E-state index contributed by atoms with van der Waals surface area (Å²) in [6.07, 6.45) is -0.718. The molecule has 15 nitrogen and oxygen atoms in total. The molecule has 1 aliphatic rings. The van der Waals surface area contributed by atoms with E-state index in [4.69, 9.17) is 53.0 Å². The van der Waals surface area contributed by atoms with Gasteiger partial charge < -0.3 is 47.9 Å². The van der Waals surface area contributed by atoms with Crippen LogP contribution in [0.5, 0.6) is 17.2 Å². The highest BCUT2D eigenvalue weighted by atomic mass is 17.1. The Morgan fingerprint density at radius 2 is 1.53 bits per heavy atom. The Morgan fingerprint density at radius 3 is 2.31 bits per heavy atom. The fourth-order valence-corrected chi connectivity index (χ4v) is 6.65. The lowest BCUT2D eigenvalue weighted by molar-refractivity contribution is -0.493. The Hall–Kier alpha value is -4.55. The molecule has 4 aromatic carbocycles. The topological polar surface area (TPSA) is 165 Å². The van der Waals surface area contributed by atoms with Gasteiger partial charge >= 0.3 is 6.16 Å². The summed E-state index contributed by atoms with van der Waals surface area (Å²) in [5.41, 5.74) is 3.03. The van der Waals surface area contributed by atoms with Crippen LogP contribution in [0.4, 0.5) is 4.79 Å². The average Bonchev–Trinajstić information content (AvgIpc) is 3.25. The van der Waals surface area contributed by atoms with E-state index in [1.807, 2.05) is 67.6 Å². The maximum atomic E-state index is 12.5. The Bertz CT molecular complexity index is 1790. The number of nitrogens with one attached hydrogen (secondary N) is 1. The van der Waals surface area contributed by atoms with Gasteiger partial charge in [0.05, 0.1) is 84.7 Å². The molecule has 0 amide bonds. The van der Waals surface area contributed by atoms with Gasteiger partial charge in [-0.1, -0.05) is 61.5 Å². The number of carbonyl (C=O) groups is 1. The highest BCUT2D eigenvalue weighted by Gasteiger charge is 2.37. The zero-order chi connectivity index (χ0) is 41.0. The van der Waals surface area contributed by atoms with Crippen molar-refractivity contribution in [3.63, 3.8) is 0 Å². The van der Waals surface area contributed by atoms with Crippen molar-refractivity contribution in [3.05, 3.63) is 102 Å². The van der Waals surface area contributed by atoms with Crippen LogP contribution in [0, 0.1) is 0 Å². The molecule has 0 bridgehead atoms. The molecule has 0 spiro atoms. The smallest absolute Gasteiger partial charge is 0.496 e. The minimum atomic E-state index is -0.837. The van der Waals surface area contributed by atoms with Crippen LogP contribution in [-0.4, -0.2) is 114 Å². The molecule has 3 N–H and O–H groups in total. The van der Waals surface area contributed by atoms with Crippen molar-refractivity contribution >= 4 is 16.9 Å². The molecule has 1 aliphatic heterocycles. The molecule has 0 aliphatic carbocycles. The van der Waals surface area contributed by atoms with Gasteiger partial charge in [-0.3, -0.25) is 10.4 Å². The number of hydrogen-bond acceptors (Lipinski definition) is 15. The number of nitrogens with zero attached hydrogens (tertiary/aromatic N) is 1. The van der Waals surface area contributed by atoms with Crippen LogP contribution in [0.25, 0.3) is 10.8 Å². The summed E-state index contributed by atoms with van der Waals surface area (Å²) in [4.78, 5) is 16.9. The van der Waals surface area contributed by atoms with Crippen molar-refractivity contribution in [3.8, 4) is 17.2 Å². The Labute approximate surface area is 339 Å². The summed E-state index contributed by atoms with van der Waals surface area (Å²) >= 11 is 0. The highest BCUT2D eigenvalue weighted by Crippen LogP contribution is 2.33. The summed E-state index contributed by atoms with van der Waals surface area (Å²) < 4.78 is 52.2. The number of hydrogen-bond donors (Lipinski definition) is 3. The van der Waals surface area contributed by atoms with E-state index >= 15 is 0 Å². The third kappa shape index (κ3) is 14.1. The normalized spacial score (nSPS) is 17.2. The molecule has 4 atom stereocenters. The second-order valence-electron chi connectivity index (χ2n) is 13.5. The molecule has 316 valence electrons. The van der Waals surface area contributed by atoms with Crippen LogP contribution >= 0.6 is 0 Å². The van der Waals surface area contributed by atoms with Gasteiger partial charge in [0.2, 0.25) is 0 Å². The SMILES string of the molecule is CCC(COC1CNCC(OCc2cc(OC)c3ccccc3c2)C1c1ccc(OCCCOCc2ccccc2OC)cc1)OC(=O)OCCOCCON(O)O. The number of ether oxygens (including phenoxy) is 9. The van der Waals surface area contributed by atoms with Gasteiger partial charge in [-0.2, -0.15) is 0 Å². The number of rotatable bonds is 25. The highest BCUT2D eigenvalue weighted by molar-refractivity contribution is 5.89. The molecule has 0 aromatic heterocycles. The van der Waals surface area contributed by atoms with Crippen molar-refractivity contribution in [2.45, 2.75) is 57.2 Å². The summed E-state index contributed by atoms with van der Waals surface area (Å²) in [7, 11) is 3.33. The molecule has 15 heteroatoms. The van der Waals surface area contributed by atoms with Gasteiger partial charge in [-0.25, -0.2) is 9.63 Å². The second kappa shape index (κ2) is 24.4. The monoisotopic (exact) mass is 808 g/mol. The fourth-order valence-electron chi connectivity index (χ4n) is 6.65. The van der Waals surface area contributed by atoms with Crippen LogP contribution < -0.4 is 19.5 Å². The molecular formula is C43H56N2O13. The zero-order valence-electron chi connectivity index (χ0n) is 33.4. The van der Waals surface area contributed by atoms with Gasteiger partial charge in [0.1, 0.15) is 30.0 Å². The van der Waals surface area contributed by atoms with Gasteiger partial charge in [0.15, 0.2) is 0 Å². The van der Waals surface area contributed by atoms with Gasteiger partial charge in [0.25, 0.3) is 0 Å². The quantitative estimate of drug-likeness (QED) is 0.0379. The van der Waals surface area contributed by atoms with Crippen molar-refractivity contribution in [1.29, 1.82) is 0 Å². The Morgan fingerprint density at radius 1 is 0.793 bits per heavy atom. The first-order valence-electron chi connectivity index (χ1n) is 19.5. The number of piperidine rings is 1. The van der Waals surface area contributed by atoms with Crippen LogP contribution in [0.1, 0.15) is 42.4 Å². The third-order valence-corrected chi connectivity index (χ3v) is 9.57. The molecule has 1 saturated heterocycles. The van der Waals surface area contributed by atoms with Crippen LogP contribution in [0.3, 0.4) is 0 Å². The van der Waals surface area contributed by atoms with E-state index in [1.165, 1.54) is 0 Å². The van der Waals surface area contributed by atoms with E-state index in [-0.39, 0.29) is 51.2 Å². The predicted molar refractivity (Wildman–Crippen MR) is 212 cm³/mol. The van der Waals surface area contributed by atoms with Gasteiger partial charge in [-0.05, 0) is 53.3 Å². The summed E-state index contributed by atoms with van der Waals surface area (Å²) in [6, 6.07) is 28.1. The van der Waals surface area contributed by atoms with E-state index in [0.717, 1.165) is 51.1 Å². The molecule has 58 heavy (non-hydrogen) atoms. The van der Waals surface area contributed by atoms with Crippen molar-refractivity contribution in [2.24, 2.45) is 0 Å². The summed E-state index contributed by atoms with van der Waals surface area (Å²) in [6.45, 7) is 5.11. The molecule has 4 unspecified atom stereocenters. The van der Waals surface area contributed by atoms with E-state index < -0.39 is 17.6 Å². The predicted octanol–water partition coefficient (Wildman–Crippen LogP) is 6.46. The number of methoxy groups -OCH3 is 2. The lowest BCUT2D eigenvalue weighted by Gasteiger charge is -2.39. The molecule has 0 radical (unpaired) electrons. The maximum Gasteiger partial charge on any atom is 0.508 e. The van der Waals surface area contributed by atoms with E-state index in [1.54, 1.807) is 14.2 Å². The Balaban J connectivity index is 1.18. The van der Waals surface area contributed by atoms with Gasteiger partial charge in [0, 0.05) is 36.4 Å². The molecule has 4 aromatic rings. The van der Waals surface area contributed by atoms with Crippen LogP contribution in [-0.2, 0) is 46.5 Å². The average molecular weight is 809 g/mol. The van der Waals surface area contributed by atoms with E-state index in [2.05, 4.69) is 34.4 Å². The lowest BCUT2D eigenvalue weighted by atomic mass is 9.85. The number of carbonyl (C=O) groups excluding carboxylic acids is 1. The van der Waals surface area contributed by atoms with E-state index in [9.17, 15) is 4.79 Å².